The van der Waals surface area contributed by atoms with Crippen LogP contribution in [0.2, 0.25) is 0 Å². The second-order valence-electron chi connectivity index (χ2n) is 5.63. The minimum atomic E-state index is -3.24. The molecular formula is C15H27N3O2S. The van der Waals surface area contributed by atoms with Crippen LogP contribution in [0.1, 0.15) is 12.0 Å². The van der Waals surface area contributed by atoms with Gasteiger partial charge < -0.3 is 15.5 Å². The van der Waals surface area contributed by atoms with E-state index in [2.05, 4.69) is 9.80 Å². The Morgan fingerprint density at radius 1 is 1.10 bits per heavy atom. The monoisotopic (exact) mass is 313 g/mol. The van der Waals surface area contributed by atoms with Gasteiger partial charge in [0.05, 0.1) is 10.6 Å². The Morgan fingerprint density at radius 2 is 1.81 bits per heavy atom. The van der Waals surface area contributed by atoms with Gasteiger partial charge in [-0.3, -0.25) is 0 Å². The summed E-state index contributed by atoms with van der Waals surface area (Å²) in [6.07, 6.45) is 1.03. The summed E-state index contributed by atoms with van der Waals surface area (Å²) in [4.78, 5) is 4.56. The summed E-state index contributed by atoms with van der Waals surface area (Å²) < 4.78 is 24.6. The number of nitrogens with two attached hydrogens (primary N) is 1. The van der Waals surface area contributed by atoms with Gasteiger partial charge in [-0.05, 0) is 58.3 Å². The van der Waals surface area contributed by atoms with Gasteiger partial charge in [0.25, 0.3) is 0 Å². The Morgan fingerprint density at radius 3 is 2.43 bits per heavy atom. The fourth-order valence-electron chi connectivity index (χ4n) is 2.03. The third kappa shape index (κ3) is 6.56. The summed E-state index contributed by atoms with van der Waals surface area (Å²) in [7, 11) is 2.80. The maximum absolute atomic E-state index is 12.3. The molecular weight excluding hydrogens is 286 g/mol. The molecule has 6 heteroatoms. The van der Waals surface area contributed by atoms with Crippen molar-refractivity contribution in [3.63, 3.8) is 0 Å². The van der Waals surface area contributed by atoms with Crippen molar-refractivity contribution in [1.82, 2.24) is 9.80 Å². The van der Waals surface area contributed by atoms with E-state index in [1.807, 2.05) is 27.2 Å². The predicted octanol–water partition coefficient (Wildman–Crippen LogP) is 0.803. The second-order valence-corrected chi connectivity index (χ2v) is 7.74. The molecule has 0 aliphatic heterocycles. The van der Waals surface area contributed by atoms with E-state index in [-0.39, 0.29) is 5.75 Å². The number of sulfone groups is 1. The minimum Gasteiger partial charge on any atom is -0.326 e. The molecule has 0 saturated carbocycles. The first-order valence-corrected chi connectivity index (χ1v) is 8.85. The van der Waals surface area contributed by atoms with Crippen LogP contribution >= 0.6 is 0 Å². The molecule has 0 aromatic heterocycles. The third-order valence-electron chi connectivity index (χ3n) is 3.38. The molecule has 0 aliphatic carbocycles. The number of rotatable bonds is 9. The molecule has 1 aromatic rings. The molecule has 0 unspecified atom stereocenters. The molecule has 0 bridgehead atoms. The predicted molar refractivity (Wildman–Crippen MR) is 87.1 cm³/mol. The van der Waals surface area contributed by atoms with Gasteiger partial charge >= 0.3 is 0 Å². The molecule has 5 nitrogen and oxygen atoms in total. The van der Waals surface area contributed by atoms with Gasteiger partial charge in [0.1, 0.15) is 0 Å². The summed E-state index contributed by atoms with van der Waals surface area (Å²) >= 11 is 0. The quantitative estimate of drug-likeness (QED) is 0.730. The van der Waals surface area contributed by atoms with Gasteiger partial charge in [0.15, 0.2) is 9.84 Å². The summed E-state index contributed by atoms with van der Waals surface area (Å²) in [5.74, 6) is 0.138. The molecule has 0 saturated heterocycles. The molecule has 0 amide bonds. The van der Waals surface area contributed by atoms with E-state index in [1.54, 1.807) is 18.2 Å². The highest BCUT2D eigenvalue weighted by atomic mass is 32.2. The normalized spacial score (nSPS) is 12.3. The Labute approximate surface area is 128 Å². The van der Waals surface area contributed by atoms with Crippen LogP contribution in [-0.2, 0) is 16.4 Å². The zero-order valence-electron chi connectivity index (χ0n) is 13.2. The molecule has 21 heavy (non-hydrogen) atoms. The van der Waals surface area contributed by atoms with E-state index in [9.17, 15) is 8.42 Å². The molecule has 0 heterocycles. The van der Waals surface area contributed by atoms with Crippen molar-refractivity contribution in [2.24, 2.45) is 5.73 Å². The summed E-state index contributed by atoms with van der Waals surface area (Å²) in [5.41, 5.74) is 6.40. The highest BCUT2D eigenvalue weighted by Gasteiger charge is 2.15. The van der Waals surface area contributed by atoms with E-state index in [0.717, 1.165) is 25.1 Å². The van der Waals surface area contributed by atoms with Crippen LogP contribution in [0.25, 0.3) is 0 Å². The van der Waals surface area contributed by atoms with Gasteiger partial charge in [0, 0.05) is 13.1 Å². The van der Waals surface area contributed by atoms with Crippen molar-refractivity contribution < 1.29 is 8.42 Å². The van der Waals surface area contributed by atoms with E-state index < -0.39 is 9.84 Å². The van der Waals surface area contributed by atoms with Crippen LogP contribution < -0.4 is 5.73 Å². The Bertz CT molecular complexity index is 529. The van der Waals surface area contributed by atoms with Crippen LogP contribution in [0, 0.1) is 0 Å². The highest BCUT2D eigenvalue weighted by molar-refractivity contribution is 7.91. The van der Waals surface area contributed by atoms with Gasteiger partial charge in [0.2, 0.25) is 0 Å². The summed E-state index contributed by atoms with van der Waals surface area (Å²) in [5, 5.41) is 0. The molecule has 2 N–H and O–H groups in total. The van der Waals surface area contributed by atoms with Gasteiger partial charge in [-0.1, -0.05) is 12.1 Å². The van der Waals surface area contributed by atoms with E-state index in [0.29, 0.717) is 18.0 Å². The molecule has 1 aromatic carbocycles. The fraction of sp³-hybridized carbons (Fsp3) is 0.600. The molecule has 0 aliphatic rings. The van der Waals surface area contributed by atoms with Crippen LogP contribution in [0.3, 0.4) is 0 Å². The van der Waals surface area contributed by atoms with Crippen molar-refractivity contribution in [3.8, 4) is 0 Å². The standard InChI is InChI=1S/C15H27N3O2S/c1-17(2)8-5-9-18(3)10-11-21(19,20)15-7-4-6-14(12-15)13-16/h4,6-7,12H,5,8-11,13,16H2,1-3H3. The molecule has 0 atom stereocenters. The van der Waals surface area contributed by atoms with Gasteiger partial charge in [-0.15, -0.1) is 0 Å². The largest absolute Gasteiger partial charge is 0.326 e. The first-order valence-electron chi connectivity index (χ1n) is 7.20. The average Bonchev–Trinajstić information content (AvgIpc) is 2.45. The minimum absolute atomic E-state index is 0.138. The smallest absolute Gasteiger partial charge is 0.179 e. The molecule has 0 radical (unpaired) electrons. The maximum Gasteiger partial charge on any atom is 0.179 e. The summed E-state index contributed by atoms with van der Waals surface area (Å²) in [6, 6.07) is 6.89. The van der Waals surface area contributed by atoms with Crippen molar-refractivity contribution in [2.45, 2.75) is 17.9 Å². The SMILES string of the molecule is CN(C)CCCN(C)CCS(=O)(=O)c1cccc(CN)c1. The fourth-order valence-corrected chi connectivity index (χ4v) is 3.43. The third-order valence-corrected chi connectivity index (χ3v) is 5.07. The number of nitrogens with zero attached hydrogens (tertiary/aromatic N) is 2. The number of hydrogen-bond donors (Lipinski definition) is 1. The first kappa shape index (κ1) is 18.1. The van der Waals surface area contributed by atoms with E-state index >= 15 is 0 Å². The lowest BCUT2D eigenvalue weighted by atomic mass is 10.2. The van der Waals surface area contributed by atoms with Crippen LogP contribution in [0.4, 0.5) is 0 Å². The van der Waals surface area contributed by atoms with Gasteiger partial charge in [-0.2, -0.15) is 0 Å². The lowest BCUT2D eigenvalue weighted by molar-refractivity contribution is 0.312. The van der Waals surface area contributed by atoms with Gasteiger partial charge in [-0.25, -0.2) is 8.42 Å². The number of hydrogen-bond acceptors (Lipinski definition) is 5. The Hall–Kier alpha value is -0.950. The average molecular weight is 313 g/mol. The molecule has 1 rings (SSSR count). The van der Waals surface area contributed by atoms with Crippen molar-refractivity contribution in [3.05, 3.63) is 29.8 Å². The zero-order chi connectivity index (χ0) is 15.9. The Balaban J connectivity index is 2.52. The van der Waals surface area contributed by atoms with Crippen LogP contribution in [0.15, 0.2) is 29.2 Å². The van der Waals surface area contributed by atoms with Crippen molar-refractivity contribution in [1.29, 1.82) is 0 Å². The lowest BCUT2D eigenvalue weighted by Crippen LogP contribution is -2.28. The second kappa shape index (κ2) is 8.48. The lowest BCUT2D eigenvalue weighted by Gasteiger charge is -2.18. The molecule has 0 fully saturated rings. The number of benzene rings is 1. The highest BCUT2D eigenvalue weighted by Crippen LogP contribution is 2.13. The van der Waals surface area contributed by atoms with E-state index in [1.165, 1.54) is 0 Å². The Kier molecular flexibility index (Phi) is 7.31. The van der Waals surface area contributed by atoms with Crippen LogP contribution in [0.5, 0.6) is 0 Å². The summed E-state index contributed by atoms with van der Waals surface area (Å²) in [6.45, 7) is 2.81. The maximum atomic E-state index is 12.3. The van der Waals surface area contributed by atoms with Crippen molar-refractivity contribution in [2.75, 3.05) is 46.5 Å². The first-order chi connectivity index (χ1) is 9.85. The zero-order valence-corrected chi connectivity index (χ0v) is 14.1. The topological polar surface area (TPSA) is 66.6 Å². The molecule has 120 valence electrons. The molecule has 0 spiro atoms. The van der Waals surface area contributed by atoms with Crippen molar-refractivity contribution >= 4 is 9.84 Å². The van der Waals surface area contributed by atoms with E-state index in [4.69, 9.17) is 5.73 Å². The van der Waals surface area contributed by atoms with Crippen LogP contribution in [-0.4, -0.2) is 64.7 Å².